The first kappa shape index (κ1) is 31.7. The van der Waals surface area contributed by atoms with Crippen molar-refractivity contribution < 1.29 is 0 Å². The van der Waals surface area contributed by atoms with Gasteiger partial charge in [-0.2, -0.15) is 0 Å². The summed E-state index contributed by atoms with van der Waals surface area (Å²) in [6.07, 6.45) is 30.9. The molecule has 5 atom stereocenters. The van der Waals surface area contributed by atoms with Crippen LogP contribution in [0.3, 0.4) is 0 Å². The van der Waals surface area contributed by atoms with Crippen LogP contribution in [0, 0.1) is 11.8 Å². The van der Waals surface area contributed by atoms with E-state index >= 15 is 0 Å². The highest BCUT2D eigenvalue weighted by Gasteiger charge is 2.43. The number of nitrogens with one attached hydrogen (secondary N) is 1. The fourth-order valence-electron chi connectivity index (χ4n) is 10.4. The van der Waals surface area contributed by atoms with E-state index in [9.17, 15) is 0 Å². The molecule has 0 spiro atoms. The number of fused-ring (bicyclic) bond motifs is 7. The van der Waals surface area contributed by atoms with Crippen LogP contribution in [0.15, 0.2) is 157 Å². The van der Waals surface area contributed by atoms with Gasteiger partial charge in [-0.15, -0.1) is 0 Å². The summed E-state index contributed by atoms with van der Waals surface area (Å²) >= 11 is 0. The molecule has 6 aliphatic rings. The first-order valence-corrected chi connectivity index (χ1v) is 20.1. The van der Waals surface area contributed by atoms with Crippen molar-refractivity contribution in [3.63, 3.8) is 0 Å². The Hall–Kier alpha value is -5.80. The van der Waals surface area contributed by atoms with Crippen molar-refractivity contribution in [2.75, 3.05) is 10.2 Å². The topological polar surface area (TPSA) is 20.2 Å². The van der Waals surface area contributed by atoms with Crippen LogP contribution in [0.5, 0.6) is 0 Å². The highest BCUT2D eigenvalue weighted by Crippen LogP contribution is 2.51. The Kier molecular flexibility index (Phi) is 7.60. The number of benzene rings is 4. The van der Waals surface area contributed by atoms with Crippen LogP contribution in [-0.4, -0.2) is 10.6 Å². The molecule has 0 fully saturated rings. The Bertz CT molecular complexity index is 2450. The van der Waals surface area contributed by atoms with E-state index in [1.165, 1.54) is 79.5 Å². The third kappa shape index (κ3) is 5.16. The van der Waals surface area contributed by atoms with Gasteiger partial charge in [0.15, 0.2) is 0 Å². The summed E-state index contributed by atoms with van der Waals surface area (Å²) in [5.41, 5.74) is 17.8. The highest BCUT2D eigenvalue weighted by molar-refractivity contribution is 5.89. The molecule has 3 nitrogen and oxygen atoms in total. The van der Waals surface area contributed by atoms with E-state index < -0.39 is 0 Å². The largest absolute Gasteiger partial charge is 0.374 e. The highest BCUT2D eigenvalue weighted by atomic mass is 15.2. The number of nitrogens with zero attached hydrogens (tertiary/aromatic N) is 2. The van der Waals surface area contributed by atoms with Gasteiger partial charge < -0.3 is 14.8 Å². The molecule has 2 aliphatic heterocycles. The standard InChI is InChI=1S/C51H45N3/c1-3-13-34(14-4-1)43-33-47(52-46-20-10-7-17-40(43)46)35-23-27-39(28-24-35)54-49-22-12-9-19-42(49)45-32-37(26-30-51(45)54)36-25-29-50-44(31-36)41-18-8-11-21-48(41)53(50)38-15-5-2-6-16-38/h1-5,7-11,13-15,17-21,23-30,33,36-37,44,47,50,52H,6,12,16,22,31-32H2. The number of para-hydroxylation sites is 2. The van der Waals surface area contributed by atoms with Gasteiger partial charge in [-0.3, -0.25) is 0 Å². The van der Waals surface area contributed by atoms with Crippen molar-refractivity contribution in [3.8, 4) is 5.69 Å². The monoisotopic (exact) mass is 699 g/mol. The van der Waals surface area contributed by atoms with Crippen molar-refractivity contribution in [2.24, 2.45) is 11.8 Å². The van der Waals surface area contributed by atoms with E-state index in [1.807, 2.05) is 0 Å². The number of hydrogen-bond acceptors (Lipinski definition) is 2. The maximum absolute atomic E-state index is 3.82. The van der Waals surface area contributed by atoms with Crippen LogP contribution in [0.4, 0.5) is 11.4 Å². The lowest BCUT2D eigenvalue weighted by Crippen LogP contribution is -2.36. The minimum absolute atomic E-state index is 0.0959. The predicted octanol–water partition coefficient (Wildman–Crippen LogP) is 12.0. The molecule has 0 saturated carbocycles. The Morgan fingerprint density at radius 2 is 1.54 bits per heavy atom. The van der Waals surface area contributed by atoms with Crippen molar-refractivity contribution in [1.82, 2.24) is 4.57 Å². The molecule has 264 valence electrons. The second kappa shape index (κ2) is 13.0. The molecule has 3 heterocycles. The number of anilines is 2. The van der Waals surface area contributed by atoms with Crippen LogP contribution in [-0.2, 0) is 12.8 Å². The summed E-state index contributed by atoms with van der Waals surface area (Å²) in [7, 11) is 0. The second-order valence-corrected chi connectivity index (χ2v) is 15.9. The van der Waals surface area contributed by atoms with E-state index in [1.54, 1.807) is 0 Å². The quantitative estimate of drug-likeness (QED) is 0.184. The summed E-state index contributed by atoms with van der Waals surface area (Å²) in [6, 6.07) is 38.5. The average molecular weight is 700 g/mol. The second-order valence-electron chi connectivity index (χ2n) is 15.9. The summed E-state index contributed by atoms with van der Waals surface area (Å²) in [5.74, 6) is 1.55. The van der Waals surface area contributed by atoms with Crippen LogP contribution in [0.2, 0.25) is 0 Å². The van der Waals surface area contributed by atoms with Gasteiger partial charge in [0.2, 0.25) is 0 Å². The lowest BCUT2D eigenvalue weighted by molar-refractivity contribution is 0.377. The fourth-order valence-corrected chi connectivity index (χ4v) is 10.4. The van der Waals surface area contributed by atoms with Crippen molar-refractivity contribution in [2.45, 2.75) is 56.5 Å². The molecule has 5 aromatic rings. The molecule has 11 rings (SSSR count). The van der Waals surface area contributed by atoms with Gasteiger partial charge in [0.25, 0.3) is 0 Å². The maximum atomic E-state index is 3.82. The average Bonchev–Trinajstić information content (AvgIpc) is 3.76. The van der Waals surface area contributed by atoms with E-state index in [4.69, 9.17) is 0 Å². The molecule has 4 aromatic carbocycles. The summed E-state index contributed by atoms with van der Waals surface area (Å²) in [4.78, 5) is 2.65. The van der Waals surface area contributed by atoms with Crippen LogP contribution < -0.4 is 10.2 Å². The Morgan fingerprint density at radius 1 is 0.704 bits per heavy atom. The van der Waals surface area contributed by atoms with Gasteiger partial charge in [-0.05, 0) is 126 Å². The zero-order valence-electron chi connectivity index (χ0n) is 30.6. The molecule has 0 radical (unpaired) electrons. The maximum Gasteiger partial charge on any atom is 0.0707 e. The zero-order chi connectivity index (χ0) is 35.6. The molecule has 0 bridgehead atoms. The number of rotatable bonds is 5. The SMILES string of the molecule is C1=CCCC(N2c3ccccc3C3CC(C4C=Cc5c(c6c(n5-c5ccc(C7C=C(c8ccccc8)c8ccccc8N7)cc5)CCC=C6)C4)C=CC32)=C1. The molecule has 4 aliphatic carbocycles. The Balaban J connectivity index is 0.895. The summed E-state index contributed by atoms with van der Waals surface area (Å²) in [5, 5.41) is 3.82. The van der Waals surface area contributed by atoms with E-state index in [0.29, 0.717) is 23.8 Å². The molecular weight excluding hydrogens is 655 g/mol. The van der Waals surface area contributed by atoms with E-state index in [-0.39, 0.29) is 6.04 Å². The molecule has 54 heavy (non-hydrogen) atoms. The molecule has 3 heteroatoms. The van der Waals surface area contributed by atoms with Gasteiger partial charge in [-0.1, -0.05) is 121 Å². The van der Waals surface area contributed by atoms with E-state index in [2.05, 4.69) is 179 Å². The van der Waals surface area contributed by atoms with Crippen molar-refractivity contribution >= 4 is 29.1 Å². The summed E-state index contributed by atoms with van der Waals surface area (Å²) < 4.78 is 2.57. The third-order valence-electron chi connectivity index (χ3n) is 12.9. The molecular formula is C51H45N3. The molecule has 5 unspecified atom stereocenters. The van der Waals surface area contributed by atoms with Gasteiger partial charge in [0.1, 0.15) is 0 Å². The van der Waals surface area contributed by atoms with Gasteiger partial charge >= 0.3 is 0 Å². The minimum Gasteiger partial charge on any atom is -0.374 e. The van der Waals surface area contributed by atoms with Crippen LogP contribution in [0.1, 0.15) is 82.4 Å². The summed E-state index contributed by atoms with van der Waals surface area (Å²) in [6.45, 7) is 0. The number of aromatic nitrogens is 1. The lowest BCUT2D eigenvalue weighted by atomic mass is 9.72. The molecule has 1 aromatic heterocycles. The molecule has 0 amide bonds. The third-order valence-corrected chi connectivity index (χ3v) is 12.9. The lowest BCUT2D eigenvalue weighted by Gasteiger charge is -2.37. The number of hydrogen-bond donors (Lipinski definition) is 1. The Morgan fingerprint density at radius 3 is 2.43 bits per heavy atom. The van der Waals surface area contributed by atoms with E-state index in [0.717, 1.165) is 32.1 Å². The predicted molar refractivity (Wildman–Crippen MR) is 225 cm³/mol. The fraction of sp³-hybridized carbons (Fsp3) is 0.216. The van der Waals surface area contributed by atoms with Gasteiger partial charge in [-0.25, -0.2) is 0 Å². The van der Waals surface area contributed by atoms with Crippen LogP contribution >= 0.6 is 0 Å². The zero-order valence-corrected chi connectivity index (χ0v) is 30.6. The normalized spacial score (nSPS) is 24.4. The molecule has 0 saturated heterocycles. The van der Waals surface area contributed by atoms with Gasteiger partial charge in [0.05, 0.1) is 12.1 Å². The first-order chi connectivity index (χ1) is 26.8. The number of allylic oxidation sites excluding steroid dienone is 7. The van der Waals surface area contributed by atoms with Crippen molar-refractivity contribution in [1.29, 1.82) is 0 Å². The Labute approximate surface area is 319 Å². The van der Waals surface area contributed by atoms with Crippen molar-refractivity contribution in [3.05, 3.63) is 202 Å². The molecule has 1 N–H and O–H groups in total. The minimum atomic E-state index is 0.0959. The van der Waals surface area contributed by atoms with Crippen LogP contribution in [0.25, 0.3) is 23.4 Å². The smallest absolute Gasteiger partial charge is 0.0707 e. The first-order valence-electron chi connectivity index (χ1n) is 20.1. The van der Waals surface area contributed by atoms with Gasteiger partial charge in [0, 0.05) is 45.6 Å².